The highest BCUT2D eigenvalue weighted by atomic mass is 16.3. The van der Waals surface area contributed by atoms with Crippen LogP contribution in [0.4, 0.5) is 5.82 Å². The second kappa shape index (κ2) is 6.29. The third kappa shape index (κ3) is 3.76. The van der Waals surface area contributed by atoms with Crippen LogP contribution >= 0.6 is 0 Å². The fourth-order valence-corrected chi connectivity index (χ4v) is 1.85. The van der Waals surface area contributed by atoms with Gasteiger partial charge in [-0.15, -0.1) is 0 Å². The van der Waals surface area contributed by atoms with Crippen LogP contribution in [0.1, 0.15) is 24.3 Å². The minimum Gasteiger partial charge on any atom is -0.389 e. The molecule has 1 atom stereocenters. The van der Waals surface area contributed by atoms with Gasteiger partial charge in [-0.05, 0) is 36.8 Å². The smallest absolute Gasteiger partial charge is 0.128 e. The molecular formula is C15H19N3O. The molecule has 1 unspecified atom stereocenters. The molecule has 0 amide bonds. The Balaban J connectivity index is 2.00. The van der Waals surface area contributed by atoms with Crippen LogP contribution in [0.3, 0.4) is 0 Å². The Morgan fingerprint density at radius 2 is 2.05 bits per heavy atom. The first kappa shape index (κ1) is 13.5. The minimum absolute atomic E-state index is 0.467. The number of aliphatic hydroxyl groups excluding tert-OH is 1. The molecule has 0 aliphatic heterocycles. The number of hydrogen-bond donors (Lipinski definition) is 1. The van der Waals surface area contributed by atoms with E-state index in [1.165, 1.54) is 0 Å². The van der Waals surface area contributed by atoms with Crippen LogP contribution in [0.25, 0.3) is 0 Å². The van der Waals surface area contributed by atoms with Crippen LogP contribution in [-0.4, -0.2) is 28.7 Å². The third-order valence-electron chi connectivity index (χ3n) is 3.07. The highest BCUT2D eigenvalue weighted by molar-refractivity contribution is 5.40. The summed E-state index contributed by atoms with van der Waals surface area (Å²) in [6.07, 6.45) is 3.94. The number of hydrogen-bond acceptors (Lipinski definition) is 4. The van der Waals surface area contributed by atoms with Gasteiger partial charge in [0.2, 0.25) is 0 Å². The molecule has 0 saturated heterocycles. The van der Waals surface area contributed by atoms with Crippen molar-refractivity contribution in [3.05, 3.63) is 54.0 Å². The maximum Gasteiger partial charge on any atom is 0.128 e. The number of rotatable bonds is 5. The zero-order valence-corrected chi connectivity index (χ0v) is 11.3. The molecule has 4 nitrogen and oxygen atoms in total. The summed E-state index contributed by atoms with van der Waals surface area (Å²) in [7, 11) is 2.00. The monoisotopic (exact) mass is 257 g/mol. The molecule has 0 fully saturated rings. The number of likely N-dealkylation sites (N-methyl/N-ethyl adjacent to an activating group) is 1. The van der Waals surface area contributed by atoms with Crippen molar-refractivity contribution < 1.29 is 5.11 Å². The van der Waals surface area contributed by atoms with E-state index in [4.69, 9.17) is 0 Å². The highest BCUT2D eigenvalue weighted by Gasteiger charge is 2.06. The van der Waals surface area contributed by atoms with Crippen LogP contribution in [0, 0.1) is 0 Å². The molecule has 4 heteroatoms. The summed E-state index contributed by atoms with van der Waals surface area (Å²) in [6.45, 7) is 2.60. The topological polar surface area (TPSA) is 49.3 Å². The Morgan fingerprint density at radius 3 is 2.74 bits per heavy atom. The molecule has 0 saturated carbocycles. The van der Waals surface area contributed by atoms with Crippen LogP contribution < -0.4 is 4.90 Å². The van der Waals surface area contributed by atoms with E-state index >= 15 is 0 Å². The molecule has 19 heavy (non-hydrogen) atoms. The third-order valence-corrected chi connectivity index (χ3v) is 3.07. The van der Waals surface area contributed by atoms with Crippen molar-refractivity contribution in [1.82, 2.24) is 9.97 Å². The largest absolute Gasteiger partial charge is 0.389 e. The average Bonchev–Trinajstić information content (AvgIpc) is 2.46. The van der Waals surface area contributed by atoms with Gasteiger partial charge >= 0.3 is 0 Å². The van der Waals surface area contributed by atoms with Crippen LogP contribution in [0.2, 0.25) is 0 Å². The van der Waals surface area contributed by atoms with E-state index in [-0.39, 0.29) is 0 Å². The second-order valence-electron chi connectivity index (χ2n) is 4.62. The van der Waals surface area contributed by atoms with Gasteiger partial charge in [0.1, 0.15) is 5.82 Å². The van der Waals surface area contributed by atoms with E-state index in [0.717, 1.165) is 30.0 Å². The first-order valence-corrected chi connectivity index (χ1v) is 6.42. The van der Waals surface area contributed by atoms with Crippen molar-refractivity contribution in [1.29, 1.82) is 0 Å². The van der Waals surface area contributed by atoms with Gasteiger partial charge in [-0.2, -0.15) is 0 Å². The van der Waals surface area contributed by atoms with E-state index in [2.05, 4.69) is 14.9 Å². The first-order chi connectivity index (χ1) is 9.16. The molecule has 0 bridgehead atoms. The summed E-state index contributed by atoms with van der Waals surface area (Å²) in [4.78, 5) is 10.7. The van der Waals surface area contributed by atoms with Crippen molar-refractivity contribution in [3.8, 4) is 0 Å². The molecule has 2 aromatic rings. The molecule has 2 heterocycles. The summed E-state index contributed by atoms with van der Waals surface area (Å²) in [5.74, 6) is 0.870. The number of anilines is 1. The molecule has 0 spiro atoms. The van der Waals surface area contributed by atoms with E-state index in [9.17, 15) is 5.11 Å². The number of nitrogens with zero attached hydrogens (tertiary/aromatic N) is 3. The Bertz CT molecular complexity index is 514. The standard InChI is InChI=1S/C15H19N3O/c1-12(19)13-6-9-17-15(11-13)18(2)10-7-14-5-3-4-8-16-14/h3-6,8-9,11-12,19H,7,10H2,1-2H3. The minimum atomic E-state index is -0.467. The first-order valence-electron chi connectivity index (χ1n) is 6.42. The van der Waals surface area contributed by atoms with Crippen LogP contribution in [0.5, 0.6) is 0 Å². The lowest BCUT2D eigenvalue weighted by atomic mass is 10.1. The molecule has 0 aliphatic carbocycles. The van der Waals surface area contributed by atoms with Crippen molar-refractivity contribution in [2.24, 2.45) is 0 Å². The van der Waals surface area contributed by atoms with Gasteiger partial charge in [0.05, 0.1) is 6.10 Å². The molecule has 2 rings (SSSR count). The lowest BCUT2D eigenvalue weighted by molar-refractivity contribution is 0.199. The van der Waals surface area contributed by atoms with Gasteiger partial charge in [-0.25, -0.2) is 4.98 Å². The summed E-state index contributed by atoms with van der Waals surface area (Å²) in [5, 5.41) is 9.58. The summed E-state index contributed by atoms with van der Waals surface area (Å²) >= 11 is 0. The van der Waals surface area contributed by atoms with Crippen molar-refractivity contribution >= 4 is 5.82 Å². The zero-order valence-electron chi connectivity index (χ0n) is 11.3. The lowest BCUT2D eigenvalue weighted by Crippen LogP contribution is -2.21. The second-order valence-corrected chi connectivity index (χ2v) is 4.62. The molecule has 0 radical (unpaired) electrons. The van der Waals surface area contributed by atoms with E-state index in [1.54, 1.807) is 13.1 Å². The summed E-state index contributed by atoms with van der Waals surface area (Å²) in [6, 6.07) is 9.69. The molecule has 2 aromatic heterocycles. The summed E-state index contributed by atoms with van der Waals surface area (Å²) in [5.41, 5.74) is 1.95. The van der Waals surface area contributed by atoms with Crippen molar-refractivity contribution in [2.45, 2.75) is 19.4 Å². The number of aliphatic hydroxyl groups is 1. The van der Waals surface area contributed by atoms with Gasteiger partial charge in [0.25, 0.3) is 0 Å². The SMILES string of the molecule is CC(O)c1ccnc(N(C)CCc2ccccn2)c1. The zero-order chi connectivity index (χ0) is 13.7. The Morgan fingerprint density at radius 1 is 1.21 bits per heavy atom. The predicted molar refractivity (Wildman–Crippen MR) is 76.1 cm³/mol. The van der Waals surface area contributed by atoms with E-state index in [0.29, 0.717) is 0 Å². The molecular weight excluding hydrogens is 238 g/mol. The Kier molecular flexibility index (Phi) is 4.47. The fraction of sp³-hybridized carbons (Fsp3) is 0.333. The maximum absolute atomic E-state index is 9.58. The molecule has 0 aromatic carbocycles. The van der Waals surface area contributed by atoms with Gasteiger partial charge in [-0.3, -0.25) is 4.98 Å². The van der Waals surface area contributed by atoms with Gasteiger partial charge in [0, 0.05) is 38.1 Å². The number of pyridine rings is 2. The van der Waals surface area contributed by atoms with Crippen molar-refractivity contribution in [3.63, 3.8) is 0 Å². The quantitative estimate of drug-likeness (QED) is 0.892. The fourth-order valence-electron chi connectivity index (χ4n) is 1.85. The predicted octanol–water partition coefficient (Wildman–Crippen LogP) is 2.21. The lowest BCUT2D eigenvalue weighted by Gasteiger charge is -2.19. The van der Waals surface area contributed by atoms with Gasteiger partial charge in [0.15, 0.2) is 0 Å². The van der Waals surface area contributed by atoms with Crippen molar-refractivity contribution in [2.75, 3.05) is 18.5 Å². The number of aromatic nitrogens is 2. The Hall–Kier alpha value is -1.94. The molecule has 1 N–H and O–H groups in total. The molecule has 100 valence electrons. The van der Waals surface area contributed by atoms with Gasteiger partial charge in [-0.1, -0.05) is 6.07 Å². The van der Waals surface area contributed by atoms with Crippen LogP contribution in [-0.2, 0) is 6.42 Å². The average molecular weight is 257 g/mol. The summed E-state index contributed by atoms with van der Waals surface area (Å²) < 4.78 is 0. The van der Waals surface area contributed by atoms with E-state index < -0.39 is 6.10 Å². The maximum atomic E-state index is 9.58. The highest BCUT2D eigenvalue weighted by Crippen LogP contribution is 2.17. The van der Waals surface area contributed by atoms with E-state index in [1.807, 2.05) is 43.6 Å². The normalized spacial score (nSPS) is 12.2. The molecule has 0 aliphatic rings. The Labute approximate surface area is 113 Å². The van der Waals surface area contributed by atoms with Crippen LogP contribution in [0.15, 0.2) is 42.7 Å². The van der Waals surface area contributed by atoms with Gasteiger partial charge < -0.3 is 10.0 Å².